The zero-order valence-electron chi connectivity index (χ0n) is 11.4. The van der Waals surface area contributed by atoms with Gasteiger partial charge in [0.2, 0.25) is 15.9 Å². The number of hydrogen-bond donors (Lipinski definition) is 3. The lowest BCUT2D eigenvalue weighted by atomic mass is 10.3. The number of sulfonamides is 1. The molecule has 0 bridgehead atoms. The summed E-state index contributed by atoms with van der Waals surface area (Å²) in [5.74, 6) is -1.27. The van der Waals surface area contributed by atoms with E-state index in [2.05, 4.69) is 15.4 Å². The van der Waals surface area contributed by atoms with E-state index in [1.54, 1.807) is 0 Å². The van der Waals surface area contributed by atoms with Crippen LogP contribution in [-0.4, -0.2) is 34.0 Å². The number of carbonyl (C=O) groups is 1. The van der Waals surface area contributed by atoms with Gasteiger partial charge in [-0.25, -0.2) is 17.5 Å². The van der Waals surface area contributed by atoms with Gasteiger partial charge in [-0.1, -0.05) is 6.92 Å². The molecule has 0 saturated carbocycles. The van der Waals surface area contributed by atoms with E-state index >= 15 is 0 Å². The minimum absolute atomic E-state index is 0.170. The third-order valence-electron chi connectivity index (χ3n) is 2.39. The van der Waals surface area contributed by atoms with Crippen LogP contribution >= 0.6 is 0 Å². The van der Waals surface area contributed by atoms with Gasteiger partial charge in [0.25, 0.3) is 0 Å². The minimum atomic E-state index is -3.89. The maximum absolute atomic E-state index is 13.8. The summed E-state index contributed by atoms with van der Waals surface area (Å²) in [4.78, 5) is 10.4. The maximum Gasteiger partial charge on any atom is 0.243 e. The molecule has 112 valence electrons. The molecule has 0 aliphatic rings. The molecule has 6 nitrogen and oxygen atoms in total. The fraction of sp³-hybridized carbons (Fsp3) is 0.417. The predicted octanol–water partition coefficient (Wildman–Crippen LogP) is 0.672. The number of carbonyl (C=O) groups excluding carboxylic acids is 1. The van der Waals surface area contributed by atoms with Crippen LogP contribution in [0.1, 0.15) is 13.8 Å². The Hall–Kier alpha value is -1.51. The molecule has 3 N–H and O–H groups in total. The van der Waals surface area contributed by atoms with Crippen molar-refractivity contribution in [2.24, 2.45) is 0 Å². The summed E-state index contributed by atoms with van der Waals surface area (Å²) >= 11 is 0. The highest BCUT2D eigenvalue weighted by Gasteiger charge is 2.18. The number of benzene rings is 1. The summed E-state index contributed by atoms with van der Waals surface area (Å²) in [6.07, 6.45) is 0. The second-order valence-electron chi connectivity index (χ2n) is 4.08. The molecule has 0 radical (unpaired) electrons. The van der Waals surface area contributed by atoms with Crippen LogP contribution in [0.25, 0.3) is 0 Å². The molecule has 1 aromatic rings. The van der Waals surface area contributed by atoms with Crippen molar-refractivity contribution in [3.05, 3.63) is 24.0 Å². The molecule has 0 atom stereocenters. The van der Waals surface area contributed by atoms with Crippen LogP contribution in [0, 0.1) is 5.82 Å². The molecule has 0 unspecified atom stereocenters. The quantitative estimate of drug-likeness (QED) is 0.646. The highest BCUT2D eigenvalue weighted by molar-refractivity contribution is 7.89. The van der Waals surface area contributed by atoms with Crippen molar-refractivity contribution in [3.63, 3.8) is 0 Å². The van der Waals surface area contributed by atoms with Gasteiger partial charge in [-0.05, 0) is 24.7 Å². The molecule has 1 amide bonds. The zero-order valence-corrected chi connectivity index (χ0v) is 12.2. The highest BCUT2D eigenvalue weighted by atomic mass is 32.2. The van der Waals surface area contributed by atoms with E-state index in [9.17, 15) is 17.6 Å². The van der Waals surface area contributed by atoms with E-state index < -0.39 is 20.7 Å². The first-order chi connectivity index (χ1) is 9.36. The first kappa shape index (κ1) is 16.5. The highest BCUT2D eigenvalue weighted by Crippen LogP contribution is 2.18. The maximum atomic E-state index is 13.8. The standard InChI is InChI=1S/C12H18FN3O3S/c1-3-14-6-7-15-20(18,19)12-5-4-10(8-11(12)13)16-9(2)17/h4-5,8,14-15H,3,6-7H2,1-2H3,(H,16,17). The molecule has 0 aliphatic heterocycles. The fourth-order valence-corrected chi connectivity index (χ4v) is 2.62. The summed E-state index contributed by atoms with van der Waals surface area (Å²) in [6.45, 7) is 4.53. The third-order valence-corrected chi connectivity index (χ3v) is 3.88. The Morgan fingerprint density at radius 3 is 2.55 bits per heavy atom. The Bertz CT molecular complexity index is 575. The molecule has 1 aromatic carbocycles. The molecule has 1 rings (SSSR count). The van der Waals surface area contributed by atoms with Crippen molar-refractivity contribution in [2.75, 3.05) is 25.0 Å². The molecule has 20 heavy (non-hydrogen) atoms. The fourth-order valence-electron chi connectivity index (χ4n) is 1.53. The summed E-state index contributed by atoms with van der Waals surface area (Å²) in [5.41, 5.74) is 0.210. The first-order valence-corrected chi connectivity index (χ1v) is 7.62. The van der Waals surface area contributed by atoms with Gasteiger partial charge in [0.1, 0.15) is 10.7 Å². The van der Waals surface area contributed by atoms with E-state index in [0.717, 1.165) is 18.7 Å². The van der Waals surface area contributed by atoms with Gasteiger partial charge < -0.3 is 10.6 Å². The van der Waals surface area contributed by atoms with E-state index in [1.807, 2.05) is 6.92 Å². The molecule has 0 aromatic heterocycles. The van der Waals surface area contributed by atoms with Gasteiger partial charge >= 0.3 is 0 Å². The number of likely N-dealkylation sites (N-methyl/N-ethyl adjacent to an activating group) is 1. The Morgan fingerprint density at radius 1 is 1.30 bits per heavy atom. The Labute approximate surface area is 117 Å². The van der Waals surface area contributed by atoms with Crippen LogP contribution in [-0.2, 0) is 14.8 Å². The van der Waals surface area contributed by atoms with Crippen LogP contribution < -0.4 is 15.4 Å². The predicted molar refractivity (Wildman–Crippen MR) is 74.4 cm³/mol. The average Bonchev–Trinajstić information content (AvgIpc) is 2.33. The second-order valence-corrected chi connectivity index (χ2v) is 5.81. The third kappa shape index (κ3) is 4.87. The molecule has 0 heterocycles. The molecule has 0 spiro atoms. The molecule has 0 fully saturated rings. The molecular weight excluding hydrogens is 285 g/mol. The van der Waals surface area contributed by atoms with Gasteiger partial charge in [0.15, 0.2) is 0 Å². The monoisotopic (exact) mass is 303 g/mol. The number of nitrogens with one attached hydrogen (secondary N) is 3. The van der Waals surface area contributed by atoms with Gasteiger partial charge in [0.05, 0.1) is 0 Å². The summed E-state index contributed by atoms with van der Waals surface area (Å²) < 4.78 is 39.8. The minimum Gasteiger partial charge on any atom is -0.326 e. The Morgan fingerprint density at radius 2 is 2.00 bits per heavy atom. The average molecular weight is 303 g/mol. The van der Waals surface area contributed by atoms with Crippen LogP contribution in [0.4, 0.5) is 10.1 Å². The summed E-state index contributed by atoms with van der Waals surface area (Å²) in [7, 11) is -3.89. The lowest BCUT2D eigenvalue weighted by Crippen LogP contribution is -2.32. The lowest BCUT2D eigenvalue weighted by molar-refractivity contribution is -0.114. The Balaban J connectivity index is 2.82. The van der Waals surface area contributed by atoms with Crippen molar-refractivity contribution in [2.45, 2.75) is 18.7 Å². The zero-order chi connectivity index (χ0) is 15.2. The number of halogens is 1. The van der Waals surface area contributed by atoms with E-state index in [-0.39, 0.29) is 18.1 Å². The van der Waals surface area contributed by atoms with Crippen LogP contribution in [0.3, 0.4) is 0 Å². The molecule has 0 saturated heterocycles. The molecular formula is C12H18FN3O3S. The van der Waals surface area contributed by atoms with Gasteiger partial charge in [-0.2, -0.15) is 0 Å². The van der Waals surface area contributed by atoms with Crippen LogP contribution in [0.15, 0.2) is 23.1 Å². The molecule has 8 heteroatoms. The summed E-state index contributed by atoms with van der Waals surface area (Å²) in [6, 6.07) is 3.43. The first-order valence-electron chi connectivity index (χ1n) is 6.14. The van der Waals surface area contributed by atoms with Gasteiger partial charge in [0, 0.05) is 25.7 Å². The molecule has 0 aliphatic carbocycles. The van der Waals surface area contributed by atoms with E-state index in [0.29, 0.717) is 6.54 Å². The van der Waals surface area contributed by atoms with Crippen molar-refractivity contribution in [1.82, 2.24) is 10.0 Å². The van der Waals surface area contributed by atoms with Crippen LogP contribution in [0.2, 0.25) is 0 Å². The smallest absolute Gasteiger partial charge is 0.243 e. The number of rotatable bonds is 7. The normalized spacial score (nSPS) is 11.3. The largest absolute Gasteiger partial charge is 0.326 e. The number of hydrogen-bond acceptors (Lipinski definition) is 4. The van der Waals surface area contributed by atoms with Gasteiger partial charge in [-0.3, -0.25) is 4.79 Å². The van der Waals surface area contributed by atoms with Crippen molar-refractivity contribution in [3.8, 4) is 0 Å². The number of anilines is 1. The second kappa shape index (κ2) is 7.32. The number of amides is 1. The van der Waals surface area contributed by atoms with E-state index in [1.165, 1.54) is 13.0 Å². The van der Waals surface area contributed by atoms with Crippen molar-refractivity contribution >= 4 is 21.6 Å². The van der Waals surface area contributed by atoms with Crippen molar-refractivity contribution in [1.29, 1.82) is 0 Å². The SMILES string of the molecule is CCNCCNS(=O)(=O)c1ccc(NC(C)=O)cc1F. The summed E-state index contributed by atoms with van der Waals surface area (Å²) in [5, 5.41) is 5.33. The topological polar surface area (TPSA) is 87.3 Å². The van der Waals surface area contributed by atoms with Gasteiger partial charge in [-0.15, -0.1) is 0 Å². The lowest BCUT2D eigenvalue weighted by Gasteiger charge is -2.09. The van der Waals surface area contributed by atoms with Crippen LogP contribution in [0.5, 0.6) is 0 Å². The Kier molecular flexibility index (Phi) is 6.05. The van der Waals surface area contributed by atoms with Crippen molar-refractivity contribution < 1.29 is 17.6 Å². The van der Waals surface area contributed by atoms with E-state index in [4.69, 9.17) is 0 Å².